The van der Waals surface area contributed by atoms with Crippen LogP contribution in [0.15, 0.2) is 24.3 Å². The van der Waals surface area contributed by atoms with Gasteiger partial charge in [0.2, 0.25) is 0 Å². The van der Waals surface area contributed by atoms with Crippen LogP contribution in [0.1, 0.15) is 20.8 Å². The third kappa shape index (κ3) is 5.07. The van der Waals surface area contributed by atoms with Gasteiger partial charge in [-0.15, -0.1) is 0 Å². The van der Waals surface area contributed by atoms with Gasteiger partial charge >= 0.3 is 0 Å². The molecule has 4 nitrogen and oxygen atoms in total. The Morgan fingerprint density at radius 1 is 1.26 bits per heavy atom. The van der Waals surface area contributed by atoms with Crippen LogP contribution in [0.5, 0.6) is 5.75 Å². The summed E-state index contributed by atoms with van der Waals surface area (Å²) >= 11 is 0. The van der Waals surface area contributed by atoms with Crippen LogP contribution in [0.25, 0.3) is 0 Å². The molecule has 1 N–H and O–H groups in total. The molecule has 0 saturated heterocycles. The minimum atomic E-state index is -0.510. The van der Waals surface area contributed by atoms with Crippen LogP contribution < -0.4 is 10.1 Å². The van der Waals surface area contributed by atoms with E-state index in [1.807, 2.05) is 13.8 Å². The molecule has 1 rings (SSSR count). The molecule has 1 aromatic rings. The zero-order valence-corrected chi connectivity index (χ0v) is 11.3. The van der Waals surface area contributed by atoms with Gasteiger partial charge in [0.15, 0.2) is 12.4 Å². The number of Topliss-reactive ketones (excluding diaryl/α,β-unsaturated/α-hetero) is 1. The molecule has 0 radical (unpaired) electrons. The highest BCUT2D eigenvalue weighted by molar-refractivity contribution is 5.88. The highest BCUT2D eigenvalue weighted by Gasteiger charge is 2.20. The number of benzene rings is 1. The number of hydrogen-bond acceptors (Lipinski definition) is 3. The Hall–Kier alpha value is -1.91. The minimum absolute atomic E-state index is 0.0206. The largest absolute Gasteiger partial charge is 0.484 e. The molecule has 0 spiro atoms. The SMILES string of the molecule is CC(=O)C(NC(=O)COc1ccc(F)cc1)C(C)C. The first-order valence-corrected chi connectivity index (χ1v) is 6.08. The van der Waals surface area contributed by atoms with Crippen molar-refractivity contribution >= 4 is 11.7 Å². The van der Waals surface area contributed by atoms with E-state index in [1.54, 1.807) is 0 Å². The number of amides is 1. The molecule has 1 amide bonds. The summed E-state index contributed by atoms with van der Waals surface area (Å²) < 4.78 is 17.9. The maximum Gasteiger partial charge on any atom is 0.258 e. The first-order chi connectivity index (χ1) is 8.90. The fourth-order valence-corrected chi connectivity index (χ4v) is 1.63. The lowest BCUT2D eigenvalue weighted by Crippen LogP contribution is -2.45. The second-order valence-electron chi connectivity index (χ2n) is 4.64. The monoisotopic (exact) mass is 267 g/mol. The third-order valence-corrected chi connectivity index (χ3v) is 2.60. The number of rotatable bonds is 6. The van der Waals surface area contributed by atoms with Crippen molar-refractivity contribution in [1.29, 1.82) is 0 Å². The summed E-state index contributed by atoms with van der Waals surface area (Å²) in [6, 6.07) is 4.87. The second-order valence-corrected chi connectivity index (χ2v) is 4.64. The molecule has 104 valence electrons. The molecule has 1 atom stereocenters. The van der Waals surface area contributed by atoms with Crippen molar-refractivity contribution < 1.29 is 18.7 Å². The zero-order chi connectivity index (χ0) is 14.4. The Kier molecular flexibility index (Phi) is 5.48. The van der Waals surface area contributed by atoms with Gasteiger partial charge in [-0.05, 0) is 37.1 Å². The molecule has 0 fully saturated rings. The van der Waals surface area contributed by atoms with E-state index >= 15 is 0 Å². The summed E-state index contributed by atoms with van der Waals surface area (Å²) in [6.07, 6.45) is 0. The first-order valence-electron chi connectivity index (χ1n) is 6.08. The van der Waals surface area contributed by atoms with Crippen molar-refractivity contribution in [2.24, 2.45) is 5.92 Å². The van der Waals surface area contributed by atoms with Gasteiger partial charge in [0.25, 0.3) is 5.91 Å². The van der Waals surface area contributed by atoms with Gasteiger partial charge in [0.1, 0.15) is 11.6 Å². The maximum absolute atomic E-state index is 12.7. The summed E-state index contributed by atoms with van der Waals surface area (Å²) in [5.74, 6) is -0.413. The average Bonchev–Trinajstić information content (AvgIpc) is 2.34. The van der Waals surface area contributed by atoms with Crippen LogP contribution in [0.2, 0.25) is 0 Å². The highest BCUT2D eigenvalue weighted by atomic mass is 19.1. The lowest BCUT2D eigenvalue weighted by Gasteiger charge is -2.19. The zero-order valence-electron chi connectivity index (χ0n) is 11.3. The summed E-state index contributed by atoms with van der Waals surface area (Å²) in [7, 11) is 0. The molecule has 0 aliphatic carbocycles. The number of ketones is 1. The molecular weight excluding hydrogens is 249 g/mol. The van der Waals surface area contributed by atoms with Crippen LogP contribution in [0.4, 0.5) is 4.39 Å². The lowest BCUT2D eigenvalue weighted by molar-refractivity contribution is -0.129. The Bertz CT molecular complexity index is 443. The molecule has 5 heteroatoms. The average molecular weight is 267 g/mol. The van der Waals surface area contributed by atoms with Gasteiger partial charge in [-0.2, -0.15) is 0 Å². The van der Waals surface area contributed by atoms with E-state index in [4.69, 9.17) is 4.74 Å². The smallest absolute Gasteiger partial charge is 0.258 e. The predicted molar refractivity (Wildman–Crippen MR) is 69.3 cm³/mol. The van der Waals surface area contributed by atoms with Gasteiger partial charge in [0.05, 0.1) is 6.04 Å². The number of ether oxygens (including phenoxy) is 1. The van der Waals surface area contributed by atoms with Crippen molar-refractivity contribution in [2.45, 2.75) is 26.8 Å². The molecule has 0 bridgehead atoms. The van der Waals surface area contributed by atoms with E-state index in [0.29, 0.717) is 5.75 Å². The fraction of sp³-hybridized carbons (Fsp3) is 0.429. The molecule has 0 aliphatic rings. The van der Waals surface area contributed by atoms with Crippen molar-refractivity contribution in [2.75, 3.05) is 6.61 Å². The number of carbonyl (C=O) groups is 2. The highest BCUT2D eigenvalue weighted by Crippen LogP contribution is 2.10. The van der Waals surface area contributed by atoms with E-state index in [-0.39, 0.29) is 30.0 Å². The lowest BCUT2D eigenvalue weighted by atomic mass is 10.0. The topological polar surface area (TPSA) is 55.4 Å². The van der Waals surface area contributed by atoms with Crippen molar-refractivity contribution in [3.8, 4) is 5.75 Å². The molecule has 0 heterocycles. The summed E-state index contributed by atoms with van der Waals surface area (Å²) in [5, 5.41) is 2.61. The second kappa shape index (κ2) is 6.87. The Morgan fingerprint density at radius 2 is 1.84 bits per heavy atom. The fourth-order valence-electron chi connectivity index (χ4n) is 1.63. The molecule has 19 heavy (non-hydrogen) atoms. The maximum atomic E-state index is 12.7. The van der Waals surface area contributed by atoms with E-state index in [1.165, 1.54) is 31.2 Å². The number of nitrogens with one attached hydrogen (secondary N) is 1. The van der Waals surface area contributed by atoms with Crippen LogP contribution in [0.3, 0.4) is 0 Å². The summed E-state index contributed by atoms with van der Waals surface area (Å²) in [5.41, 5.74) is 0. The van der Waals surface area contributed by atoms with Crippen molar-refractivity contribution in [3.63, 3.8) is 0 Å². The van der Waals surface area contributed by atoms with E-state index in [0.717, 1.165) is 0 Å². The van der Waals surface area contributed by atoms with Crippen LogP contribution >= 0.6 is 0 Å². The standard InChI is InChI=1S/C14H18FNO3/c1-9(2)14(10(3)17)16-13(18)8-19-12-6-4-11(15)5-7-12/h4-7,9,14H,8H2,1-3H3,(H,16,18). The van der Waals surface area contributed by atoms with E-state index in [2.05, 4.69) is 5.32 Å². The molecule has 0 aliphatic heterocycles. The Labute approximate surface area is 112 Å². The minimum Gasteiger partial charge on any atom is -0.484 e. The molecule has 0 saturated carbocycles. The molecule has 0 aromatic heterocycles. The van der Waals surface area contributed by atoms with Gasteiger partial charge in [-0.3, -0.25) is 9.59 Å². The van der Waals surface area contributed by atoms with Crippen molar-refractivity contribution in [1.82, 2.24) is 5.32 Å². The molecule has 1 aromatic carbocycles. The Balaban J connectivity index is 2.47. The Morgan fingerprint density at radius 3 is 2.32 bits per heavy atom. The van der Waals surface area contributed by atoms with Crippen LogP contribution in [0, 0.1) is 11.7 Å². The normalized spacial score (nSPS) is 12.1. The number of hydrogen-bond donors (Lipinski definition) is 1. The predicted octanol–water partition coefficient (Wildman–Crippen LogP) is 1.93. The summed E-state index contributed by atoms with van der Waals surface area (Å²) in [4.78, 5) is 23.0. The molecule has 1 unspecified atom stereocenters. The van der Waals surface area contributed by atoms with Gasteiger partial charge in [0, 0.05) is 0 Å². The van der Waals surface area contributed by atoms with Crippen molar-refractivity contribution in [3.05, 3.63) is 30.1 Å². The third-order valence-electron chi connectivity index (χ3n) is 2.60. The first kappa shape index (κ1) is 15.1. The van der Waals surface area contributed by atoms with E-state index < -0.39 is 6.04 Å². The van der Waals surface area contributed by atoms with Gasteiger partial charge in [-0.1, -0.05) is 13.8 Å². The van der Waals surface area contributed by atoms with E-state index in [9.17, 15) is 14.0 Å². The molecular formula is C14H18FNO3. The van der Waals surface area contributed by atoms with Crippen LogP contribution in [-0.4, -0.2) is 24.3 Å². The number of halogens is 1. The van der Waals surface area contributed by atoms with Gasteiger partial charge in [-0.25, -0.2) is 4.39 Å². The number of carbonyl (C=O) groups excluding carboxylic acids is 2. The van der Waals surface area contributed by atoms with Gasteiger partial charge < -0.3 is 10.1 Å². The van der Waals surface area contributed by atoms with Crippen LogP contribution in [-0.2, 0) is 9.59 Å². The summed E-state index contributed by atoms with van der Waals surface area (Å²) in [6.45, 7) is 4.94. The quantitative estimate of drug-likeness (QED) is 0.857.